The molecule has 0 fully saturated rings. The maximum atomic E-state index is 12.8. The number of benzene rings is 1. The van der Waals surface area contributed by atoms with Crippen LogP contribution in [0, 0.1) is 0 Å². The molecule has 0 bridgehead atoms. The summed E-state index contributed by atoms with van der Waals surface area (Å²) in [5.41, 5.74) is 1.73. The van der Waals surface area contributed by atoms with Gasteiger partial charge in [-0.25, -0.2) is 14.8 Å². The van der Waals surface area contributed by atoms with Gasteiger partial charge >= 0.3 is 5.63 Å². The highest BCUT2D eigenvalue weighted by molar-refractivity contribution is 5.84. The van der Waals surface area contributed by atoms with Crippen molar-refractivity contribution < 1.29 is 9.15 Å². The highest BCUT2D eigenvalue weighted by Crippen LogP contribution is 2.29. The Morgan fingerprint density at radius 3 is 2.66 bits per heavy atom. The second-order valence-electron chi connectivity index (χ2n) is 7.29. The van der Waals surface area contributed by atoms with Gasteiger partial charge < -0.3 is 19.0 Å². The van der Waals surface area contributed by atoms with Gasteiger partial charge in [0, 0.05) is 25.9 Å². The molecule has 0 spiro atoms. The molecule has 0 amide bonds. The number of nitrogens with zero attached hydrogens (tertiary/aromatic N) is 4. The maximum absolute atomic E-state index is 12.8. The van der Waals surface area contributed by atoms with Gasteiger partial charge in [-0.3, -0.25) is 0 Å². The number of rotatable bonds is 8. The Morgan fingerprint density at radius 2 is 1.97 bits per heavy atom. The molecule has 0 aliphatic heterocycles. The fourth-order valence-electron chi connectivity index (χ4n) is 3.36. The number of methoxy groups -OCH3 is 1. The predicted octanol–water partition coefficient (Wildman–Crippen LogP) is 3.21. The number of hydrogen-bond acceptors (Lipinski definition) is 7. The number of anilines is 1. The molecule has 7 nitrogen and oxygen atoms in total. The lowest BCUT2D eigenvalue weighted by atomic mass is 10.1. The van der Waals surface area contributed by atoms with E-state index in [1.807, 2.05) is 32.2 Å². The predicted molar refractivity (Wildman–Crippen MR) is 116 cm³/mol. The van der Waals surface area contributed by atoms with Gasteiger partial charge in [-0.1, -0.05) is 6.92 Å². The molecule has 1 aromatic carbocycles. The number of aromatic nitrogens is 2. The van der Waals surface area contributed by atoms with Crippen LogP contribution in [0.5, 0.6) is 5.75 Å². The lowest BCUT2D eigenvalue weighted by Crippen LogP contribution is -2.24. The molecule has 154 valence electrons. The van der Waals surface area contributed by atoms with Gasteiger partial charge in [0.25, 0.3) is 0 Å². The monoisotopic (exact) mass is 396 g/mol. The Morgan fingerprint density at radius 1 is 1.17 bits per heavy atom. The molecule has 0 saturated heterocycles. The van der Waals surface area contributed by atoms with Crippen LogP contribution in [0.3, 0.4) is 0 Å². The summed E-state index contributed by atoms with van der Waals surface area (Å²) in [6.07, 6.45) is 3.41. The second kappa shape index (κ2) is 9.05. The first kappa shape index (κ1) is 20.8. The zero-order chi connectivity index (χ0) is 21.0. The van der Waals surface area contributed by atoms with E-state index in [0.29, 0.717) is 28.6 Å². The van der Waals surface area contributed by atoms with Crippen molar-refractivity contribution in [2.24, 2.45) is 0 Å². The lowest BCUT2D eigenvalue weighted by molar-refractivity contribution is 0.401. The van der Waals surface area contributed by atoms with Crippen LogP contribution in [0.2, 0.25) is 0 Å². The molecule has 3 aromatic rings. The zero-order valence-electron chi connectivity index (χ0n) is 17.7. The summed E-state index contributed by atoms with van der Waals surface area (Å²) < 4.78 is 11.0. The fraction of sp³-hybridized carbons (Fsp3) is 0.409. The molecule has 2 heterocycles. The SMILES string of the molecule is CCc1cc(OC)cc2nc(-c3cccnc3N(C)CCCN(C)C)oc(=O)c12. The van der Waals surface area contributed by atoms with Gasteiger partial charge in [-0.2, -0.15) is 0 Å². The molecule has 0 unspecified atom stereocenters. The fourth-order valence-corrected chi connectivity index (χ4v) is 3.36. The molecule has 3 rings (SSSR count). The maximum Gasteiger partial charge on any atom is 0.347 e. The van der Waals surface area contributed by atoms with E-state index in [1.165, 1.54) is 0 Å². The molecule has 0 saturated carbocycles. The Kier molecular flexibility index (Phi) is 6.49. The van der Waals surface area contributed by atoms with Crippen molar-refractivity contribution in [3.63, 3.8) is 0 Å². The van der Waals surface area contributed by atoms with Gasteiger partial charge in [-0.05, 0) is 57.2 Å². The molecular weight excluding hydrogens is 368 g/mol. The quantitative estimate of drug-likeness (QED) is 0.579. The third-order valence-corrected chi connectivity index (χ3v) is 4.88. The number of ether oxygens (including phenoxy) is 1. The summed E-state index contributed by atoms with van der Waals surface area (Å²) in [5.74, 6) is 1.67. The number of aryl methyl sites for hydroxylation is 1. The minimum absolute atomic E-state index is 0.264. The number of pyridine rings is 1. The lowest BCUT2D eigenvalue weighted by Gasteiger charge is -2.21. The molecule has 0 N–H and O–H groups in total. The van der Waals surface area contributed by atoms with Crippen LogP contribution in [-0.4, -0.2) is 56.2 Å². The van der Waals surface area contributed by atoms with E-state index in [9.17, 15) is 4.79 Å². The van der Waals surface area contributed by atoms with Crippen LogP contribution in [-0.2, 0) is 6.42 Å². The molecule has 0 aliphatic rings. The van der Waals surface area contributed by atoms with Crippen molar-refractivity contribution in [1.82, 2.24) is 14.9 Å². The Bertz CT molecular complexity index is 1050. The number of fused-ring (bicyclic) bond motifs is 1. The summed E-state index contributed by atoms with van der Waals surface area (Å²) >= 11 is 0. The van der Waals surface area contributed by atoms with E-state index in [0.717, 1.165) is 30.9 Å². The van der Waals surface area contributed by atoms with Gasteiger partial charge in [0.2, 0.25) is 5.89 Å². The van der Waals surface area contributed by atoms with Crippen LogP contribution in [0.15, 0.2) is 39.7 Å². The number of hydrogen-bond donors (Lipinski definition) is 0. The smallest absolute Gasteiger partial charge is 0.347 e. The van der Waals surface area contributed by atoms with Gasteiger partial charge in [0.05, 0.1) is 23.6 Å². The van der Waals surface area contributed by atoms with Crippen LogP contribution < -0.4 is 15.3 Å². The average Bonchev–Trinajstić information content (AvgIpc) is 2.72. The topological polar surface area (TPSA) is 71.7 Å². The first-order valence-corrected chi connectivity index (χ1v) is 9.77. The van der Waals surface area contributed by atoms with Crippen molar-refractivity contribution in [3.05, 3.63) is 46.4 Å². The van der Waals surface area contributed by atoms with E-state index >= 15 is 0 Å². The molecule has 0 radical (unpaired) electrons. The van der Waals surface area contributed by atoms with Crippen molar-refractivity contribution in [2.45, 2.75) is 19.8 Å². The summed E-state index contributed by atoms with van der Waals surface area (Å²) in [6.45, 7) is 3.80. The minimum atomic E-state index is -0.394. The van der Waals surface area contributed by atoms with Crippen LogP contribution >= 0.6 is 0 Å². The van der Waals surface area contributed by atoms with Gasteiger partial charge in [0.15, 0.2) is 0 Å². The summed E-state index contributed by atoms with van der Waals surface area (Å²) in [7, 11) is 7.70. The van der Waals surface area contributed by atoms with Gasteiger partial charge in [-0.15, -0.1) is 0 Å². The van der Waals surface area contributed by atoms with E-state index in [-0.39, 0.29) is 5.89 Å². The van der Waals surface area contributed by atoms with Crippen molar-refractivity contribution in [1.29, 1.82) is 0 Å². The highest BCUT2D eigenvalue weighted by Gasteiger charge is 2.18. The first-order valence-electron chi connectivity index (χ1n) is 9.77. The van der Waals surface area contributed by atoms with Crippen molar-refractivity contribution in [2.75, 3.05) is 46.2 Å². The van der Waals surface area contributed by atoms with E-state index in [1.54, 1.807) is 19.4 Å². The van der Waals surface area contributed by atoms with Gasteiger partial charge in [0.1, 0.15) is 11.6 Å². The Hall–Kier alpha value is -2.93. The van der Waals surface area contributed by atoms with E-state index in [2.05, 4.69) is 33.9 Å². The summed E-state index contributed by atoms with van der Waals surface area (Å²) in [6, 6.07) is 7.32. The first-order chi connectivity index (χ1) is 13.9. The molecular formula is C22H28N4O3. The molecule has 2 aromatic heterocycles. The molecule has 0 aliphatic carbocycles. The Labute approximate surface area is 170 Å². The standard InChI is InChI=1S/C22H28N4O3/c1-6-15-13-16(28-5)14-18-19(15)22(27)29-21(24-18)17-9-7-10-23-20(17)26(4)12-8-11-25(2)3/h7,9-10,13-14H,6,8,11-12H2,1-5H3. The Balaban J connectivity index is 2.06. The summed E-state index contributed by atoms with van der Waals surface area (Å²) in [4.78, 5) is 26.2. The second-order valence-corrected chi connectivity index (χ2v) is 7.29. The van der Waals surface area contributed by atoms with Crippen molar-refractivity contribution >= 4 is 16.7 Å². The third kappa shape index (κ3) is 4.56. The van der Waals surface area contributed by atoms with E-state index in [4.69, 9.17) is 9.15 Å². The van der Waals surface area contributed by atoms with Crippen LogP contribution in [0.4, 0.5) is 5.82 Å². The van der Waals surface area contributed by atoms with Crippen molar-refractivity contribution in [3.8, 4) is 17.2 Å². The normalized spacial score (nSPS) is 11.2. The largest absolute Gasteiger partial charge is 0.497 e. The van der Waals surface area contributed by atoms with Crippen LogP contribution in [0.25, 0.3) is 22.4 Å². The summed E-state index contributed by atoms with van der Waals surface area (Å²) in [5, 5.41) is 0.502. The van der Waals surface area contributed by atoms with E-state index < -0.39 is 5.63 Å². The third-order valence-electron chi connectivity index (χ3n) is 4.88. The van der Waals surface area contributed by atoms with Crippen LogP contribution in [0.1, 0.15) is 18.9 Å². The molecule has 0 atom stereocenters. The molecule has 29 heavy (non-hydrogen) atoms. The average molecular weight is 396 g/mol. The molecule has 7 heteroatoms. The highest BCUT2D eigenvalue weighted by atomic mass is 16.5. The minimum Gasteiger partial charge on any atom is -0.497 e. The zero-order valence-corrected chi connectivity index (χ0v) is 17.7.